The van der Waals surface area contributed by atoms with Gasteiger partial charge in [0, 0.05) is 11.3 Å². The molecule has 0 saturated carbocycles. The van der Waals surface area contributed by atoms with Gasteiger partial charge in [0.1, 0.15) is 0 Å². The summed E-state index contributed by atoms with van der Waals surface area (Å²) < 4.78 is 27.7. The molecule has 0 radical (unpaired) electrons. The Morgan fingerprint density at radius 1 is 0.867 bits per heavy atom. The predicted octanol–water partition coefficient (Wildman–Crippen LogP) is 5.48. The Bertz CT molecular complexity index is 1170. The molecule has 2 N–H and O–H groups in total. The van der Waals surface area contributed by atoms with Gasteiger partial charge in [0.05, 0.1) is 10.6 Å². The SMILES string of the molecule is Cc1cc(C(=O)Nc2c(C)cccc2C(C)C)ccc1NS(=O)(=O)c1ccccc1. The van der Waals surface area contributed by atoms with Gasteiger partial charge in [-0.3, -0.25) is 9.52 Å². The van der Waals surface area contributed by atoms with E-state index >= 15 is 0 Å². The number of hydrogen-bond acceptors (Lipinski definition) is 3. The molecule has 0 atom stereocenters. The van der Waals surface area contributed by atoms with Gasteiger partial charge in [-0.15, -0.1) is 0 Å². The fraction of sp³-hybridized carbons (Fsp3) is 0.208. The summed E-state index contributed by atoms with van der Waals surface area (Å²) in [4.78, 5) is 13.0. The summed E-state index contributed by atoms with van der Waals surface area (Å²) in [6, 6.07) is 19.1. The zero-order valence-electron chi connectivity index (χ0n) is 17.6. The first-order chi connectivity index (χ1) is 14.2. The van der Waals surface area contributed by atoms with Gasteiger partial charge in [0.15, 0.2) is 0 Å². The van der Waals surface area contributed by atoms with Crippen molar-refractivity contribution in [2.45, 2.75) is 38.5 Å². The van der Waals surface area contributed by atoms with Crippen LogP contribution in [0.4, 0.5) is 11.4 Å². The molecule has 0 saturated heterocycles. The minimum absolute atomic E-state index is 0.187. The summed E-state index contributed by atoms with van der Waals surface area (Å²) >= 11 is 0. The summed E-state index contributed by atoms with van der Waals surface area (Å²) in [5, 5.41) is 3.02. The smallest absolute Gasteiger partial charge is 0.261 e. The van der Waals surface area contributed by atoms with Crippen LogP contribution in [0.2, 0.25) is 0 Å². The largest absolute Gasteiger partial charge is 0.321 e. The Labute approximate surface area is 178 Å². The lowest BCUT2D eigenvalue weighted by atomic mass is 9.98. The summed E-state index contributed by atoms with van der Waals surface area (Å²) in [5.41, 5.74) is 4.47. The van der Waals surface area contributed by atoms with Gasteiger partial charge in [-0.05, 0) is 66.8 Å². The Balaban J connectivity index is 1.83. The van der Waals surface area contributed by atoms with Crippen molar-refractivity contribution in [1.29, 1.82) is 0 Å². The molecule has 0 aliphatic carbocycles. The van der Waals surface area contributed by atoms with E-state index < -0.39 is 10.0 Å². The summed E-state index contributed by atoms with van der Waals surface area (Å²) in [6.07, 6.45) is 0. The van der Waals surface area contributed by atoms with Crippen molar-refractivity contribution in [3.63, 3.8) is 0 Å². The quantitative estimate of drug-likeness (QED) is 0.552. The zero-order chi connectivity index (χ0) is 21.9. The van der Waals surface area contributed by atoms with E-state index in [-0.39, 0.29) is 16.7 Å². The number of anilines is 2. The minimum Gasteiger partial charge on any atom is -0.321 e. The molecule has 30 heavy (non-hydrogen) atoms. The molecule has 3 aromatic carbocycles. The van der Waals surface area contributed by atoms with Gasteiger partial charge in [-0.1, -0.05) is 50.2 Å². The van der Waals surface area contributed by atoms with Crippen molar-refractivity contribution in [3.8, 4) is 0 Å². The number of para-hydroxylation sites is 1. The van der Waals surface area contributed by atoms with E-state index in [0.29, 0.717) is 16.8 Å². The molecular weight excluding hydrogens is 396 g/mol. The number of rotatable bonds is 6. The number of nitrogens with one attached hydrogen (secondary N) is 2. The molecule has 0 unspecified atom stereocenters. The molecule has 1 amide bonds. The van der Waals surface area contributed by atoms with Crippen LogP contribution in [0.3, 0.4) is 0 Å². The van der Waals surface area contributed by atoms with Gasteiger partial charge in [0.2, 0.25) is 0 Å². The molecule has 0 fully saturated rings. The minimum atomic E-state index is -3.69. The summed E-state index contributed by atoms with van der Waals surface area (Å²) in [7, 11) is -3.69. The van der Waals surface area contributed by atoms with Crippen LogP contribution < -0.4 is 10.0 Å². The number of carbonyl (C=O) groups is 1. The number of benzene rings is 3. The van der Waals surface area contributed by atoms with Crippen molar-refractivity contribution in [2.24, 2.45) is 0 Å². The molecule has 5 nitrogen and oxygen atoms in total. The lowest BCUT2D eigenvalue weighted by Crippen LogP contribution is -2.16. The van der Waals surface area contributed by atoms with E-state index in [1.165, 1.54) is 12.1 Å². The van der Waals surface area contributed by atoms with Gasteiger partial charge in [0.25, 0.3) is 15.9 Å². The molecule has 6 heteroatoms. The van der Waals surface area contributed by atoms with Crippen LogP contribution in [0.1, 0.15) is 46.8 Å². The van der Waals surface area contributed by atoms with Crippen molar-refractivity contribution in [3.05, 3.63) is 89.0 Å². The lowest BCUT2D eigenvalue weighted by molar-refractivity contribution is 0.102. The highest BCUT2D eigenvalue weighted by molar-refractivity contribution is 7.92. The third-order valence-electron chi connectivity index (χ3n) is 4.95. The van der Waals surface area contributed by atoms with E-state index in [4.69, 9.17) is 0 Å². The number of carbonyl (C=O) groups excluding carboxylic acids is 1. The van der Waals surface area contributed by atoms with E-state index in [1.54, 1.807) is 43.3 Å². The third-order valence-corrected chi connectivity index (χ3v) is 6.33. The number of hydrogen-bond donors (Lipinski definition) is 2. The lowest BCUT2D eigenvalue weighted by Gasteiger charge is -2.17. The third kappa shape index (κ3) is 4.71. The molecule has 0 aliphatic rings. The monoisotopic (exact) mass is 422 g/mol. The Morgan fingerprint density at radius 2 is 1.57 bits per heavy atom. The fourth-order valence-electron chi connectivity index (χ4n) is 3.25. The second kappa shape index (κ2) is 8.71. The highest BCUT2D eigenvalue weighted by Crippen LogP contribution is 2.28. The first kappa shape index (κ1) is 21.6. The van der Waals surface area contributed by atoms with Crippen LogP contribution in [-0.4, -0.2) is 14.3 Å². The maximum atomic E-state index is 12.9. The summed E-state index contributed by atoms with van der Waals surface area (Å²) in [6.45, 7) is 7.91. The molecule has 3 rings (SSSR count). The average Bonchev–Trinajstić information content (AvgIpc) is 2.71. The topological polar surface area (TPSA) is 75.3 Å². The van der Waals surface area contributed by atoms with E-state index in [0.717, 1.165) is 16.8 Å². The van der Waals surface area contributed by atoms with Crippen LogP contribution in [0.5, 0.6) is 0 Å². The summed E-state index contributed by atoms with van der Waals surface area (Å²) in [5.74, 6) is 0.0449. The normalized spacial score (nSPS) is 11.4. The van der Waals surface area contributed by atoms with Gasteiger partial charge < -0.3 is 5.32 Å². The van der Waals surface area contributed by atoms with E-state index in [9.17, 15) is 13.2 Å². The molecule has 156 valence electrons. The van der Waals surface area contributed by atoms with Crippen LogP contribution in [0, 0.1) is 13.8 Å². The maximum absolute atomic E-state index is 12.9. The Morgan fingerprint density at radius 3 is 2.20 bits per heavy atom. The molecule has 0 spiro atoms. The highest BCUT2D eigenvalue weighted by Gasteiger charge is 2.17. The molecule has 0 aliphatic heterocycles. The average molecular weight is 423 g/mol. The zero-order valence-corrected chi connectivity index (χ0v) is 18.4. The van der Waals surface area contributed by atoms with Crippen molar-refractivity contribution >= 4 is 27.3 Å². The van der Waals surface area contributed by atoms with Gasteiger partial charge in [-0.2, -0.15) is 0 Å². The fourth-order valence-corrected chi connectivity index (χ4v) is 4.40. The van der Waals surface area contributed by atoms with E-state index in [2.05, 4.69) is 23.9 Å². The molecule has 0 aromatic heterocycles. The van der Waals surface area contributed by atoms with Crippen LogP contribution in [-0.2, 0) is 10.0 Å². The standard InChI is InChI=1S/C24H26N2O3S/c1-16(2)21-12-8-9-17(3)23(21)25-24(27)19-13-14-22(18(4)15-19)26-30(28,29)20-10-6-5-7-11-20/h5-16,26H,1-4H3,(H,25,27). The van der Waals surface area contributed by atoms with Crippen molar-refractivity contribution in [2.75, 3.05) is 10.0 Å². The molecule has 3 aromatic rings. The second-order valence-electron chi connectivity index (χ2n) is 7.60. The number of sulfonamides is 1. The van der Waals surface area contributed by atoms with Gasteiger partial charge >= 0.3 is 0 Å². The van der Waals surface area contributed by atoms with Crippen LogP contribution in [0.15, 0.2) is 71.6 Å². The highest BCUT2D eigenvalue weighted by atomic mass is 32.2. The number of amides is 1. The first-order valence-corrected chi connectivity index (χ1v) is 11.3. The second-order valence-corrected chi connectivity index (χ2v) is 9.28. The van der Waals surface area contributed by atoms with Crippen molar-refractivity contribution < 1.29 is 13.2 Å². The van der Waals surface area contributed by atoms with Gasteiger partial charge in [-0.25, -0.2) is 8.42 Å². The number of aryl methyl sites for hydroxylation is 2. The van der Waals surface area contributed by atoms with Crippen LogP contribution >= 0.6 is 0 Å². The Kier molecular flexibility index (Phi) is 6.27. The molecule has 0 bridgehead atoms. The predicted molar refractivity (Wildman–Crippen MR) is 122 cm³/mol. The van der Waals surface area contributed by atoms with Crippen molar-refractivity contribution in [1.82, 2.24) is 0 Å². The van der Waals surface area contributed by atoms with E-state index in [1.807, 2.05) is 25.1 Å². The van der Waals surface area contributed by atoms with Crippen LogP contribution in [0.25, 0.3) is 0 Å². The molecule has 0 heterocycles. The first-order valence-electron chi connectivity index (χ1n) is 9.78. The molecular formula is C24H26N2O3S. The maximum Gasteiger partial charge on any atom is 0.261 e. The Hall–Kier alpha value is -3.12.